The van der Waals surface area contributed by atoms with Gasteiger partial charge in [-0.15, -0.1) is 0 Å². The molecule has 0 aliphatic carbocycles. The van der Waals surface area contributed by atoms with Crippen molar-refractivity contribution >= 4 is 29.7 Å². The van der Waals surface area contributed by atoms with Gasteiger partial charge in [-0.3, -0.25) is 9.59 Å². The number of rotatable bonds is 5. The average Bonchev–Trinajstić information content (AvgIpc) is 2.80. The molecule has 0 bridgehead atoms. The topological polar surface area (TPSA) is 96.9 Å². The molecule has 10 heteroatoms. The van der Waals surface area contributed by atoms with Crippen LogP contribution >= 0.6 is 0 Å². The van der Waals surface area contributed by atoms with Gasteiger partial charge in [-0.05, 0) is 60.2 Å². The van der Waals surface area contributed by atoms with E-state index in [1.165, 1.54) is 24.4 Å². The van der Waals surface area contributed by atoms with Crippen LogP contribution in [0.1, 0.15) is 21.5 Å². The van der Waals surface area contributed by atoms with E-state index in [1.54, 1.807) is 42.5 Å². The van der Waals surface area contributed by atoms with E-state index < -0.39 is 29.5 Å². The zero-order valence-corrected chi connectivity index (χ0v) is 16.8. The largest absolute Gasteiger partial charge is 0.423 e. The number of nitrogens with one attached hydrogen (secondary N) is 2. The minimum Gasteiger partial charge on any atom is -0.423 e. The van der Waals surface area contributed by atoms with E-state index >= 15 is 0 Å². The molecule has 33 heavy (non-hydrogen) atoms. The van der Waals surface area contributed by atoms with Crippen LogP contribution in [0.5, 0.6) is 5.75 Å². The summed E-state index contributed by atoms with van der Waals surface area (Å²) in [7, 11) is 0. The predicted octanol–water partition coefficient (Wildman–Crippen LogP) is 4.01. The highest BCUT2D eigenvalue weighted by Crippen LogP contribution is 2.30. The Bertz CT molecular complexity index is 1180. The van der Waals surface area contributed by atoms with E-state index in [1.807, 2.05) is 5.43 Å². The van der Waals surface area contributed by atoms with Crippen molar-refractivity contribution in [2.24, 2.45) is 5.10 Å². The van der Waals surface area contributed by atoms with Gasteiger partial charge in [0.15, 0.2) is 0 Å². The van der Waals surface area contributed by atoms with Crippen LogP contribution in [0, 0.1) is 0 Å². The molecule has 2 N–H and O–H groups in total. The van der Waals surface area contributed by atoms with Gasteiger partial charge in [0, 0.05) is 5.69 Å². The fraction of sp³-hybridized carbons (Fsp3) is 0.0435. The van der Waals surface area contributed by atoms with Crippen LogP contribution in [0.25, 0.3) is 0 Å². The monoisotopic (exact) mass is 455 g/mol. The molecule has 0 heterocycles. The van der Waals surface area contributed by atoms with Gasteiger partial charge in [-0.25, -0.2) is 10.2 Å². The van der Waals surface area contributed by atoms with Crippen molar-refractivity contribution in [3.05, 3.63) is 95.6 Å². The highest BCUT2D eigenvalue weighted by Gasteiger charge is 2.30. The summed E-state index contributed by atoms with van der Waals surface area (Å²) in [5.74, 6) is -2.58. The molecule has 0 aliphatic heterocycles. The summed E-state index contributed by atoms with van der Waals surface area (Å²) in [6.07, 6.45) is -3.35. The molecule has 0 unspecified atom stereocenters. The molecule has 0 saturated carbocycles. The highest BCUT2D eigenvalue weighted by atomic mass is 19.4. The highest BCUT2D eigenvalue weighted by molar-refractivity contribution is 6.39. The number of nitrogens with zero attached hydrogens (tertiary/aromatic N) is 1. The Morgan fingerprint density at radius 2 is 1.55 bits per heavy atom. The lowest BCUT2D eigenvalue weighted by Gasteiger charge is -2.09. The first-order valence-electron chi connectivity index (χ1n) is 9.41. The SMILES string of the molecule is O=C(N/N=C/c1ccc(OC(=O)c2ccccc2)cc1)C(=O)Nc1cccc(C(F)(F)F)c1. The Labute approximate surface area is 185 Å². The third kappa shape index (κ3) is 6.76. The van der Waals surface area contributed by atoms with Gasteiger partial charge < -0.3 is 10.1 Å². The Kier molecular flexibility index (Phi) is 7.19. The van der Waals surface area contributed by atoms with E-state index in [9.17, 15) is 27.6 Å². The molecular weight excluding hydrogens is 439 g/mol. The number of hydrogen-bond acceptors (Lipinski definition) is 5. The van der Waals surface area contributed by atoms with Crippen LogP contribution < -0.4 is 15.5 Å². The van der Waals surface area contributed by atoms with Crippen molar-refractivity contribution in [3.8, 4) is 5.75 Å². The van der Waals surface area contributed by atoms with Gasteiger partial charge in [0.1, 0.15) is 5.75 Å². The predicted molar refractivity (Wildman–Crippen MR) is 114 cm³/mol. The van der Waals surface area contributed by atoms with Crippen molar-refractivity contribution in [3.63, 3.8) is 0 Å². The minimum absolute atomic E-state index is 0.186. The number of carbonyl (C=O) groups is 3. The number of hydrazone groups is 1. The molecule has 0 saturated heterocycles. The third-order valence-electron chi connectivity index (χ3n) is 4.13. The summed E-state index contributed by atoms with van der Waals surface area (Å²) in [6.45, 7) is 0. The van der Waals surface area contributed by atoms with Crippen molar-refractivity contribution in [2.75, 3.05) is 5.32 Å². The number of anilines is 1. The number of alkyl halides is 3. The Hall–Kier alpha value is -4.47. The number of ether oxygens (including phenoxy) is 1. The van der Waals surface area contributed by atoms with Crippen LogP contribution in [-0.4, -0.2) is 24.0 Å². The maximum atomic E-state index is 12.7. The summed E-state index contributed by atoms with van der Waals surface area (Å²) < 4.78 is 43.4. The molecule has 0 radical (unpaired) electrons. The third-order valence-corrected chi connectivity index (χ3v) is 4.13. The molecular formula is C23H16F3N3O4. The van der Waals surface area contributed by atoms with Crippen LogP contribution in [0.2, 0.25) is 0 Å². The molecule has 0 aliphatic rings. The lowest BCUT2D eigenvalue weighted by molar-refractivity contribution is -0.137. The molecule has 3 aromatic carbocycles. The maximum absolute atomic E-state index is 12.7. The number of carbonyl (C=O) groups excluding carboxylic acids is 3. The van der Waals surface area contributed by atoms with Crippen molar-refractivity contribution < 1.29 is 32.3 Å². The summed E-state index contributed by atoms with van der Waals surface area (Å²) in [6, 6.07) is 18.5. The summed E-state index contributed by atoms with van der Waals surface area (Å²) >= 11 is 0. The van der Waals surface area contributed by atoms with Crippen LogP contribution in [-0.2, 0) is 15.8 Å². The molecule has 2 amide bonds. The molecule has 0 spiro atoms. The first kappa shape index (κ1) is 23.2. The van der Waals surface area contributed by atoms with Gasteiger partial charge in [-0.2, -0.15) is 18.3 Å². The standard InChI is InChI=1S/C23H16F3N3O4/c24-23(25,26)17-7-4-8-18(13-17)28-20(30)21(31)29-27-14-15-9-11-19(12-10-15)33-22(32)16-5-2-1-3-6-16/h1-14H,(H,28,30)(H,29,31)/b27-14+. The van der Waals surface area contributed by atoms with Crippen molar-refractivity contribution in [2.45, 2.75) is 6.18 Å². The molecule has 0 fully saturated rings. The molecule has 168 valence electrons. The van der Waals surface area contributed by atoms with Gasteiger partial charge in [-0.1, -0.05) is 24.3 Å². The average molecular weight is 455 g/mol. The zero-order valence-electron chi connectivity index (χ0n) is 16.8. The first-order chi connectivity index (χ1) is 15.7. The number of halogens is 3. The second-order valence-corrected chi connectivity index (χ2v) is 6.56. The van der Waals surface area contributed by atoms with E-state index in [4.69, 9.17) is 4.74 Å². The lowest BCUT2D eigenvalue weighted by atomic mass is 10.2. The fourth-order valence-electron chi connectivity index (χ4n) is 2.54. The van der Waals surface area contributed by atoms with Crippen LogP contribution in [0.3, 0.4) is 0 Å². The number of hydrogen-bond donors (Lipinski definition) is 2. The van der Waals surface area contributed by atoms with E-state index in [-0.39, 0.29) is 5.69 Å². The summed E-state index contributed by atoms with van der Waals surface area (Å²) in [5, 5.41) is 5.69. The molecule has 7 nitrogen and oxygen atoms in total. The molecule has 0 atom stereocenters. The maximum Gasteiger partial charge on any atom is 0.416 e. The number of amides is 2. The Morgan fingerprint density at radius 1 is 0.848 bits per heavy atom. The first-order valence-corrected chi connectivity index (χ1v) is 9.41. The van der Waals surface area contributed by atoms with E-state index in [0.717, 1.165) is 12.1 Å². The normalized spacial score (nSPS) is 11.1. The molecule has 3 aromatic rings. The fourth-order valence-corrected chi connectivity index (χ4v) is 2.54. The zero-order chi connectivity index (χ0) is 23.8. The lowest BCUT2D eigenvalue weighted by Crippen LogP contribution is -2.32. The van der Waals surface area contributed by atoms with Gasteiger partial charge in [0.2, 0.25) is 0 Å². The van der Waals surface area contributed by atoms with Gasteiger partial charge in [0.25, 0.3) is 0 Å². The van der Waals surface area contributed by atoms with Gasteiger partial charge >= 0.3 is 24.0 Å². The minimum atomic E-state index is -4.58. The van der Waals surface area contributed by atoms with Crippen LogP contribution in [0.4, 0.5) is 18.9 Å². The van der Waals surface area contributed by atoms with Crippen LogP contribution in [0.15, 0.2) is 84.0 Å². The molecule has 0 aromatic heterocycles. The summed E-state index contributed by atoms with van der Waals surface area (Å²) in [4.78, 5) is 35.7. The second kappa shape index (κ2) is 10.2. The van der Waals surface area contributed by atoms with Gasteiger partial charge in [0.05, 0.1) is 17.3 Å². The van der Waals surface area contributed by atoms with Crippen molar-refractivity contribution in [1.82, 2.24) is 5.43 Å². The number of esters is 1. The Balaban J connectivity index is 1.51. The van der Waals surface area contributed by atoms with E-state index in [0.29, 0.717) is 22.9 Å². The second-order valence-electron chi connectivity index (χ2n) is 6.56. The number of benzene rings is 3. The Morgan fingerprint density at radius 3 is 2.21 bits per heavy atom. The smallest absolute Gasteiger partial charge is 0.416 e. The van der Waals surface area contributed by atoms with E-state index in [2.05, 4.69) is 10.4 Å². The quantitative estimate of drug-likeness (QED) is 0.200. The molecule has 3 rings (SSSR count). The summed E-state index contributed by atoms with van der Waals surface area (Å²) in [5.41, 5.74) is 1.75. The van der Waals surface area contributed by atoms with Crippen molar-refractivity contribution in [1.29, 1.82) is 0 Å².